The molecule has 1 atom stereocenters. The first-order valence-electron chi connectivity index (χ1n) is 12.3. The van der Waals surface area contributed by atoms with Crippen LogP contribution in [0.25, 0.3) is 11.8 Å². The molecule has 0 saturated heterocycles. The molecular weight excluding hydrogens is 486 g/mol. The van der Waals surface area contributed by atoms with Gasteiger partial charge in [-0.3, -0.25) is 9.36 Å². The van der Waals surface area contributed by atoms with Gasteiger partial charge < -0.3 is 4.74 Å². The maximum absolute atomic E-state index is 13.9. The number of esters is 1. The van der Waals surface area contributed by atoms with Crippen molar-refractivity contribution >= 4 is 23.4 Å². The number of carbonyl (C=O) groups excluding carboxylic acids is 1. The highest BCUT2D eigenvalue weighted by Crippen LogP contribution is 2.38. The number of allylic oxidation sites excluding steroid dienone is 1. The maximum Gasteiger partial charge on any atom is 0.338 e. The summed E-state index contributed by atoms with van der Waals surface area (Å²) in [6, 6.07) is 16.7. The van der Waals surface area contributed by atoms with E-state index in [0.29, 0.717) is 26.5 Å². The van der Waals surface area contributed by atoms with E-state index < -0.39 is 12.0 Å². The molecule has 9 heteroatoms. The molecule has 1 saturated carbocycles. The number of thiazole rings is 1. The fourth-order valence-corrected chi connectivity index (χ4v) is 5.70. The summed E-state index contributed by atoms with van der Waals surface area (Å²) in [6.45, 7) is 3.79. The number of hydrogen-bond donors (Lipinski definition) is 0. The van der Waals surface area contributed by atoms with E-state index in [1.165, 1.54) is 11.3 Å². The number of rotatable bonds is 6. The van der Waals surface area contributed by atoms with Crippen LogP contribution in [-0.2, 0) is 9.53 Å². The third-order valence-corrected chi connectivity index (χ3v) is 7.59. The van der Waals surface area contributed by atoms with Gasteiger partial charge in [0.05, 0.1) is 46.0 Å². The number of aromatic nitrogens is 4. The van der Waals surface area contributed by atoms with E-state index in [1.807, 2.05) is 66.9 Å². The minimum atomic E-state index is -0.620. The molecule has 8 nitrogen and oxygen atoms in total. The number of nitrogens with zero attached hydrogens (tertiary/aromatic N) is 5. The molecule has 2 aromatic heterocycles. The zero-order valence-corrected chi connectivity index (χ0v) is 21.3. The molecule has 1 fully saturated rings. The summed E-state index contributed by atoms with van der Waals surface area (Å²) in [5, 5.41) is 8.67. The van der Waals surface area contributed by atoms with Crippen molar-refractivity contribution in [1.82, 2.24) is 19.6 Å². The lowest BCUT2D eigenvalue weighted by molar-refractivity contribution is -0.139. The molecule has 0 spiro atoms. The van der Waals surface area contributed by atoms with Gasteiger partial charge >= 0.3 is 5.97 Å². The highest BCUT2D eigenvalue weighted by atomic mass is 32.1. The fourth-order valence-electron chi connectivity index (χ4n) is 4.66. The third-order valence-electron chi connectivity index (χ3n) is 6.61. The van der Waals surface area contributed by atoms with E-state index in [-0.39, 0.29) is 12.2 Å². The highest BCUT2D eigenvalue weighted by molar-refractivity contribution is 7.07. The SMILES string of the molecule is CCOC(=O)C1=C(C)N=c2s/c(=C\c3ccccc3-n3cc(C4CC4)nn3)c(=O)n2C1c1ccccc1. The monoisotopic (exact) mass is 511 g/mol. The number of ether oxygens (including phenoxy) is 1. The molecular formula is C28H25N5O3S. The second-order valence-electron chi connectivity index (χ2n) is 9.13. The lowest BCUT2D eigenvalue weighted by Gasteiger charge is -2.24. The first-order valence-corrected chi connectivity index (χ1v) is 13.1. The van der Waals surface area contributed by atoms with E-state index in [4.69, 9.17) is 4.74 Å². The Labute approximate surface area is 216 Å². The first-order chi connectivity index (χ1) is 18.0. The van der Waals surface area contributed by atoms with E-state index in [2.05, 4.69) is 15.3 Å². The molecule has 1 aliphatic carbocycles. The molecule has 4 aromatic rings. The number of carbonyl (C=O) groups is 1. The zero-order chi connectivity index (χ0) is 25.5. The minimum absolute atomic E-state index is 0.209. The van der Waals surface area contributed by atoms with Crippen LogP contribution in [0.5, 0.6) is 0 Å². The van der Waals surface area contributed by atoms with Crippen molar-refractivity contribution in [1.29, 1.82) is 0 Å². The molecule has 1 aliphatic heterocycles. The van der Waals surface area contributed by atoms with Gasteiger partial charge in [-0.2, -0.15) is 0 Å². The molecule has 1 unspecified atom stereocenters. The van der Waals surface area contributed by atoms with Crippen molar-refractivity contribution in [2.45, 2.75) is 38.6 Å². The van der Waals surface area contributed by atoms with Crippen molar-refractivity contribution < 1.29 is 9.53 Å². The Balaban J connectivity index is 1.50. The number of fused-ring (bicyclic) bond motifs is 1. The van der Waals surface area contributed by atoms with Gasteiger partial charge in [-0.1, -0.05) is 65.1 Å². The Morgan fingerprint density at radius 3 is 2.65 bits per heavy atom. The van der Waals surface area contributed by atoms with Crippen molar-refractivity contribution in [3.8, 4) is 5.69 Å². The van der Waals surface area contributed by atoms with Gasteiger partial charge in [-0.25, -0.2) is 14.5 Å². The average Bonchev–Trinajstić information content (AvgIpc) is 3.56. The highest BCUT2D eigenvalue weighted by Gasteiger charge is 2.33. The van der Waals surface area contributed by atoms with Crippen LogP contribution in [0.2, 0.25) is 0 Å². The molecule has 186 valence electrons. The van der Waals surface area contributed by atoms with Crippen LogP contribution in [-0.4, -0.2) is 32.1 Å². The van der Waals surface area contributed by atoms with E-state index in [0.717, 1.165) is 35.3 Å². The summed E-state index contributed by atoms with van der Waals surface area (Å²) >= 11 is 1.31. The molecule has 3 heterocycles. The van der Waals surface area contributed by atoms with Gasteiger partial charge in [-0.15, -0.1) is 5.10 Å². The Morgan fingerprint density at radius 1 is 1.14 bits per heavy atom. The topological polar surface area (TPSA) is 91.4 Å². The van der Waals surface area contributed by atoms with Crippen LogP contribution < -0.4 is 14.9 Å². The number of hydrogen-bond acceptors (Lipinski definition) is 7. The lowest BCUT2D eigenvalue weighted by Crippen LogP contribution is -2.39. The number of benzene rings is 2. The van der Waals surface area contributed by atoms with E-state index >= 15 is 0 Å². The smallest absolute Gasteiger partial charge is 0.338 e. The summed E-state index contributed by atoms with van der Waals surface area (Å²) in [4.78, 5) is 32.0. The van der Waals surface area contributed by atoms with Crippen LogP contribution in [0.1, 0.15) is 55.5 Å². The molecule has 0 amide bonds. The Kier molecular flexibility index (Phi) is 5.92. The van der Waals surface area contributed by atoms with Gasteiger partial charge in [0.25, 0.3) is 5.56 Å². The average molecular weight is 512 g/mol. The maximum atomic E-state index is 13.9. The summed E-state index contributed by atoms with van der Waals surface area (Å²) in [5.74, 6) is 0.0364. The van der Waals surface area contributed by atoms with Gasteiger partial charge in [0.15, 0.2) is 4.80 Å². The molecule has 0 radical (unpaired) electrons. The Bertz CT molecular complexity index is 1710. The Morgan fingerprint density at radius 2 is 1.89 bits per heavy atom. The second kappa shape index (κ2) is 9.40. The summed E-state index contributed by atoms with van der Waals surface area (Å²) in [6.07, 6.45) is 6.13. The number of para-hydroxylation sites is 1. The lowest BCUT2D eigenvalue weighted by atomic mass is 9.96. The molecule has 0 N–H and O–H groups in total. The van der Waals surface area contributed by atoms with Gasteiger partial charge in [0.2, 0.25) is 0 Å². The molecule has 0 bridgehead atoms. The predicted molar refractivity (Wildman–Crippen MR) is 140 cm³/mol. The van der Waals surface area contributed by atoms with Gasteiger partial charge in [0, 0.05) is 11.5 Å². The van der Waals surface area contributed by atoms with Crippen molar-refractivity contribution in [3.63, 3.8) is 0 Å². The van der Waals surface area contributed by atoms with Crippen molar-refractivity contribution in [2.24, 2.45) is 4.99 Å². The second-order valence-corrected chi connectivity index (χ2v) is 10.1. The third kappa shape index (κ3) is 4.25. The molecule has 6 rings (SSSR count). The predicted octanol–water partition coefficient (Wildman–Crippen LogP) is 3.26. The largest absolute Gasteiger partial charge is 0.463 e. The van der Waals surface area contributed by atoms with Crippen molar-refractivity contribution in [2.75, 3.05) is 6.61 Å². The zero-order valence-electron chi connectivity index (χ0n) is 20.5. The van der Waals surface area contributed by atoms with Crippen LogP contribution in [0.4, 0.5) is 0 Å². The standard InChI is InChI=1S/C28H25N5O3S/c1-3-36-27(35)24-17(2)29-28-33(25(24)19-9-5-4-6-10-19)26(34)23(37-28)15-20-11-7-8-12-22(20)32-16-21(30-31-32)18-13-14-18/h4-12,15-16,18,25H,3,13-14H2,1-2H3/b23-15-. The van der Waals surface area contributed by atoms with Crippen molar-refractivity contribution in [3.05, 3.63) is 109 Å². The van der Waals surface area contributed by atoms with Gasteiger partial charge in [-0.05, 0) is 44.4 Å². The summed E-state index contributed by atoms with van der Waals surface area (Å²) < 4.78 is 9.25. The summed E-state index contributed by atoms with van der Waals surface area (Å²) in [5.41, 5.74) is 4.23. The molecule has 2 aromatic carbocycles. The van der Waals surface area contributed by atoms with E-state index in [9.17, 15) is 9.59 Å². The molecule has 2 aliphatic rings. The van der Waals surface area contributed by atoms with Gasteiger partial charge in [0.1, 0.15) is 0 Å². The minimum Gasteiger partial charge on any atom is -0.463 e. The summed E-state index contributed by atoms with van der Waals surface area (Å²) in [7, 11) is 0. The normalized spacial score (nSPS) is 17.5. The van der Waals surface area contributed by atoms with Crippen LogP contribution in [0, 0.1) is 0 Å². The van der Waals surface area contributed by atoms with Crippen LogP contribution in [0.15, 0.2) is 81.9 Å². The quantitative estimate of drug-likeness (QED) is 0.371. The fraction of sp³-hybridized carbons (Fsp3) is 0.250. The molecule has 37 heavy (non-hydrogen) atoms. The van der Waals surface area contributed by atoms with Crippen LogP contribution >= 0.6 is 11.3 Å². The Hall–Kier alpha value is -4.11. The van der Waals surface area contributed by atoms with Crippen LogP contribution in [0.3, 0.4) is 0 Å². The van der Waals surface area contributed by atoms with E-state index in [1.54, 1.807) is 23.1 Å². The first kappa shape index (κ1) is 23.3.